The van der Waals surface area contributed by atoms with Gasteiger partial charge in [-0.3, -0.25) is 14.9 Å². The van der Waals surface area contributed by atoms with Gasteiger partial charge in [-0.25, -0.2) is 4.79 Å². The molecule has 4 N–H and O–H groups in total. The topological polar surface area (TPSA) is 172 Å². The van der Waals surface area contributed by atoms with Crippen LogP contribution in [-0.4, -0.2) is 56.1 Å². The molecule has 5 rings (SSSR count). The number of nitro groups is 1. The van der Waals surface area contributed by atoms with Crippen LogP contribution >= 0.6 is 0 Å². The van der Waals surface area contributed by atoms with Crippen LogP contribution in [0.25, 0.3) is 0 Å². The van der Waals surface area contributed by atoms with Crippen LogP contribution in [0.4, 0.5) is 5.69 Å². The summed E-state index contributed by atoms with van der Waals surface area (Å²) in [6, 6.07) is 3.24. The SMILES string of the molecule is C[C@]12CCC(=NOCC(=O)NC(C(=O)O)C(O)c3cccc([N+](=O)[O-])c3)C=C1CC[C@@H]1C2CC[C@@]2(C)C1CC[C@]2(C)O. The highest BCUT2D eigenvalue weighted by atomic mass is 16.6. The molecule has 1 aromatic carbocycles. The van der Waals surface area contributed by atoms with E-state index in [-0.39, 0.29) is 22.1 Å². The monoisotopic (exact) mass is 583 g/mol. The van der Waals surface area contributed by atoms with E-state index in [0.29, 0.717) is 24.2 Å². The van der Waals surface area contributed by atoms with Gasteiger partial charge in [0, 0.05) is 12.1 Å². The van der Waals surface area contributed by atoms with Crippen molar-refractivity contribution in [3.8, 4) is 0 Å². The normalized spacial score (nSPS) is 36.1. The second kappa shape index (κ2) is 11.1. The van der Waals surface area contributed by atoms with Crippen molar-refractivity contribution in [3.05, 3.63) is 51.6 Å². The fourth-order valence-electron chi connectivity index (χ4n) is 8.57. The predicted octanol–water partition coefficient (Wildman–Crippen LogP) is 4.28. The molecule has 0 saturated heterocycles. The van der Waals surface area contributed by atoms with Crippen LogP contribution in [-0.2, 0) is 14.4 Å². The Morgan fingerprint density at radius 2 is 1.88 bits per heavy atom. The summed E-state index contributed by atoms with van der Waals surface area (Å²) >= 11 is 0. The van der Waals surface area contributed by atoms with Gasteiger partial charge in [0.1, 0.15) is 6.10 Å². The number of hydrogen-bond acceptors (Lipinski definition) is 8. The second-order valence-corrected chi connectivity index (χ2v) is 13.3. The van der Waals surface area contributed by atoms with Crippen LogP contribution in [0, 0.1) is 38.7 Å². The first-order valence-corrected chi connectivity index (χ1v) is 14.8. The predicted molar refractivity (Wildman–Crippen MR) is 153 cm³/mol. The molecule has 3 saturated carbocycles. The van der Waals surface area contributed by atoms with Gasteiger partial charge >= 0.3 is 5.97 Å². The summed E-state index contributed by atoms with van der Waals surface area (Å²) in [5, 5.41) is 48.7. The Balaban J connectivity index is 1.20. The molecule has 1 aromatic rings. The van der Waals surface area contributed by atoms with Crippen LogP contribution < -0.4 is 5.32 Å². The smallest absolute Gasteiger partial charge is 0.329 e. The number of allylic oxidation sites excluding steroid dienone is 2. The molecule has 0 aromatic heterocycles. The number of aliphatic hydroxyl groups is 2. The van der Waals surface area contributed by atoms with Crippen molar-refractivity contribution in [2.75, 3.05) is 6.61 Å². The third kappa shape index (κ3) is 5.21. The molecule has 42 heavy (non-hydrogen) atoms. The first-order valence-electron chi connectivity index (χ1n) is 14.8. The Morgan fingerprint density at radius 3 is 2.60 bits per heavy atom. The zero-order valence-electron chi connectivity index (χ0n) is 24.4. The Hall–Kier alpha value is -3.31. The fraction of sp³-hybridized carbons (Fsp3) is 0.645. The number of carbonyl (C=O) groups excluding carboxylic acids is 1. The average molecular weight is 584 g/mol. The van der Waals surface area contributed by atoms with E-state index in [9.17, 15) is 35.0 Å². The highest BCUT2D eigenvalue weighted by Gasteiger charge is 2.62. The maximum atomic E-state index is 12.5. The second-order valence-electron chi connectivity index (χ2n) is 13.3. The van der Waals surface area contributed by atoms with Crippen molar-refractivity contribution in [2.24, 2.45) is 33.7 Å². The van der Waals surface area contributed by atoms with Crippen LogP contribution in [0.1, 0.15) is 83.8 Å². The van der Waals surface area contributed by atoms with Gasteiger partial charge in [0.15, 0.2) is 12.6 Å². The standard InChI is InChI=1S/C31H41N3O8/c1-29-12-9-20(16-19(29)7-8-22-23(29)10-13-30(2)24(22)11-14-31(30,3)39)33-42-17-25(35)32-26(28(37)38)27(36)18-5-4-6-21(15-18)34(40)41/h4-6,15-16,22-24,26-27,36,39H,7-14,17H2,1-3H3,(H,32,35)(H,37,38)/t22-,23?,24?,26?,27?,29+,30+,31+/m1/s1. The number of nitrogens with one attached hydrogen (secondary N) is 1. The number of oxime groups is 1. The molecule has 8 atom stereocenters. The van der Waals surface area contributed by atoms with Crippen molar-refractivity contribution in [1.29, 1.82) is 0 Å². The number of nitrogens with zero attached hydrogens (tertiary/aromatic N) is 2. The largest absolute Gasteiger partial charge is 0.480 e. The highest BCUT2D eigenvalue weighted by Crippen LogP contribution is 2.67. The zero-order chi connectivity index (χ0) is 30.4. The van der Waals surface area contributed by atoms with Gasteiger partial charge in [-0.05, 0) is 98.5 Å². The minimum atomic E-state index is -1.73. The van der Waals surface area contributed by atoms with Crippen LogP contribution in [0.2, 0.25) is 0 Å². The van der Waals surface area contributed by atoms with E-state index >= 15 is 0 Å². The van der Waals surface area contributed by atoms with E-state index in [4.69, 9.17) is 4.84 Å². The summed E-state index contributed by atoms with van der Waals surface area (Å²) in [6.45, 7) is 6.14. The molecule has 4 aliphatic rings. The zero-order valence-corrected chi connectivity index (χ0v) is 24.4. The number of carboxylic acid groups (broad SMARTS) is 1. The van der Waals surface area contributed by atoms with Crippen LogP contribution in [0.15, 0.2) is 41.1 Å². The minimum absolute atomic E-state index is 0.00874. The number of hydrogen-bond donors (Lipinski definition) is 4. The molecule has 4 aliphatic carbocycles. The average Bonchev–Trinajstić information content (AvgIpc) is 3.19. The third-order valence-electron chi connectivity index (χ3n) is 11.2. The Morgan fingerprint density at radius 1 is 1.14 bits per heavy atom. The van der Waals surface area contributed by atoms with Gasteiger partial charge in [0.05, 0.1) is 16.2 Å². The molecule has 11 nitrogen and oxygen atoms in total. The van der Waals surface area contributed by atoms with Crippen molar-refractivity contribution in [2.45, 2.75) is 89.9 Å². The van der Waals surface area contributed by atoms with E-state index < -0.39 is 41.2 Å². The maximum Gasteiger partial charge on any atom is 0.329 e. The summed E-state index contributed by atoms with van der Waals surface area (Å²) in [7, 11) is 0. The molecule has 4 unspecified atom stereocenters. The number of fused-ring (bicyclic) bond motifs is 5. The van der Waals surface area contributed by atoms with Crippen molar-refractivity contribution < 1.29 is 34.7 Å². The Kier molecular flexibility index (Phi) is 7.95. The molecular formula is C31H41N3O8. The van der Waals surface area contributed by atoms with Gasteiger partial charge < -0.3 is 25.5 Å². The maximum absolute atomic E-state index is 12.5. The van der Waals surface area contributed by atoms with Gasteiger partial charge in [0.2, 0.25) is 0 Å². The lowest BCUT2D eigenvalue weighted by Crippen LogP contribution is -2.53. The number of benzene rings is 1. The van der Waals surface area contributed by atoms with Crippen molar-refractivity contribution in [1.82, 2.24) is 5.32 Å². The number of carbonyl (C=O) groups is 2. The van der Waals surface area contributed by atoms with Crippen molar-refractivity contribution >= 4 is 23.3 Å². The van der Waals surface area contributed by atoms with Crippen LogP contribution in [0.5, 0.6) is 0 Å². The van der Waals surface area contributed by atoms with Gasteiger partial charge in [-0.1, -0.05) is 36.7 Å². The first-order chi connectivity index (χ1) is 19.8. The molecule has 11 heteroatoms. The number of aliphatic hydroxyl groups excluding tert-OH is 1. The lowest BCUT2D eigenvalue weighted by Gasteiger charge is -2.59. The highest BCUT2D eigenvalue weighted by molar-refractivity contribution is 5.96. The van der Waals surface area contributed by atoms with E-state index in [1.54, 1.807) is 0 Å². The molecule has 3 fully saturated rings. The minimum Gasteiger partial charge on any atom is -0.480 e. The number of amides is 1. The van der Waals surface area contributed by atoms with E-state index in [1.165, 1.54) is 23.8 Å². The van der Waals surface area contributed by atoms with Gasteiger partial charge in [0.25, 0.3) is 11.6 Å². The number of aliphatic carboxylic acids is 1. The number of nitro benzene ring substituents is 1. The van der Waals surface area contributed by atoms with E-state index in [0.717, 1.165) is 56.7 Å². The summed E-state index contributed by atoms with van der Waals surface area (Å²) in [4.78, 5) is 39.9. The molecule has 0 aliphatic heterocycles. The first kappa shape index (κ1) is 30.2. The van der Waals surface area contributed by atoms with E-state index in [2.05, 4.69) is 30.4 Å². The molecule has 1 amide bonds. The van der Waals surface area contributed by atoms with E-state index in [1.807, 2.05) is 6.92 Å². The molecule has 228 valence electrons. The number of non-ortho nitro benzene ring substituents is 1. The summed E-state index contributed by atoms with van der Waals surface area (Å²) in [5.41, 5.74) is 1.25. The van der Waals surface area contributed by atoms with Crippen molar-refractivity contribution in [3.63, 3.8) is 0 Å². The third-order valence-corrected chi connectivity index (χ3v) is 11.2. The molecule has 0 heterocycles. The van der Waals surface area contributed by atoms with Gasteiger partial charge in [-0.15, -0.1) is 0 Å². The lowest BCUT2D eigenvalue weighted by atomic mass is 9.46. The van der Waals surface area contributed by atoms with Crippen LogP contribution in [0.3, 0.4) is 0 Å². The number of carboxylic acids is 1. The molecule has 0 bridgehead atoms. The quantitative estimate of drug-likeness (QED) is 0.259. The summed E-state index contributed by atoms with van der Waals surface area (Å²) in [6.07, 6.45) is 8.22. The number of rotatable bonds is 8. The summed E-state index contributed by atoms with van der Waals surface area (Å²) < 4.78 is 0. The van der Waals surface area contributed by atoms with Gasteiger partial charge in [-0.2, -0.15) is 0 Å². The lowest BCUT2D eigenvalue weighted by molar-refractivity contribution is -0.385. The summed E-state index contributed by atoms with van der Waals surface area (Å²) in [5.74, 6) is -0.555. The molecular weight excluding hydrogens is 542 g/mol. The Labute approximate surface area is 245 Å². The molecule has 0 spiro atoms. The Bertz CT molecular complexity index is 1320. The fourth-order valence-corrected chi connectivity index (χ4v) is 8.57. The molecule has 0 radical (unpaired) electrons.